The Hall–Kier alpha value is -3.64. The van der Waals surface area contributed by atoms with Gasteiger partial charge in [-0.1, -0.05) is 0 Å². The maximum Gasteiger partial charge on any atom is 0.222 e. The predicted molar refractivity (Wildman–Crippen MR) is 132 cm³/mol. The second kappa shape index (κ2) is 9.92. The SMILES string of the molecule is CC(=O)Nc1cc(Nc2cncc(S(C)(=O)=O)n2)c(-c2ccc(N3C[C@@H](C)O[C@@H](C)C3)cn2)cn1. The lowest BCUT2D eigenvalue weighted by molar-refractivity contribution is -0.114. The number of sulfone groups is 1. The van der Waals surface area contributed by atoms with Crippen LogP contribution in [0.1, 0.15) is 20.8 Å². The lowest BCUT2D eigenvalue weighted by Gasteiger charge is -2.36. The molecule has 0 bridgehead atoms. The molecule has 4 rings (SSSR count). The molecule has 3 aromatic rings. The zero-order valence-corrected chi connectivity index (χ0v) is 20.7. The van der Waals surface area contributed by atoms with Gasteiger partial charge in [0.15, 0.2) is 14.9 Å². The first-order valence-electron chi connectivity index (χ1n) is 11.0. The molecule has 1 aliphatic rings. The molecule has 0 radical (unpaired) electrons. The van der Waals surface area contributed by atoms with Crippen LogP contribution >= 0.6 is 0 Å². The number of carbonyl (C=O) groups excluding carboxylic acids is 1. The number of pyridine rings is 2. The molecule has 2 N–H and O–H groups in total. The van der Waals surface area contributed by atoms with Crippen LogP contribution in [0.2, 0.25) is 0 Å². The van der Waals surface area contributed by atoms with Gasteiger partial charge in [0.05, 0.1) is 47.9 Å². The zero-order valence-electron chi connectivity index (χ0n) is 19.9. The number of amides is 1. The van der Waals surface area contributed by atoms with Crippen LogP contribution in [-0.2, 0) is 19.4 Å². The van der Waals surface area contributed by atoms with Gasteiger partial charge in [0.1, 0.15) is 11.6 Å². The van der Waals surface area contributed by atoms with Crippen LogP contribution in [-0.4, -0.2) is 65.8 Å². The molecule has 11 nitrogen and oxygen atoms in total. The van der Waals surface area contributed by atoms with E-state index in [4.69, 9.17) is 4.74 Å². The molecule has 4 heterocycles. The van der Waals surface area contributed by atoms with Crippen LogP contribution in [0.15, 0.2) is 48.0 Å². The molecule has 2 atom stereocenters. The van der Waals surface area contributed by atoms with Crippen molar-refractivity contribution in [3.05, 3.63) is 43.0 Å². The Morgan fingerprint density at radius 1 is 1.06 bits per heavy atom. The second-order valence-electron chi connectivity index (χ2n) is 8.50. The Kier molecular flexibility index (Phi) is 6.94. The van der Waals surface area contributed by atoms with Crippen molar-refractivity contribution < 1.29 is 17.9 Å². The number of ether oxygens (including phenoxy) is 1. The highest BCUT2D eigenvalue weighted by molar-refractivity contribution is 7.90. The van der Waals surface area contributed by atoms with Gasteiger partial charge < -0.3 is 20.3 Å². The Morgan fingerprint density at radius 2 is 1.80 bits per heavy atom. The van der Waals surface area contributed by atoms with Gasteiger partial charge in [0, 0.05) is 44.1 Å². The van der Waals surface area contributed by atoms with Crippen molar-refractivity contribution in [2.45, 2.75) is 38.0 Å². The van der Waals surface area contributed by atoms with Gasteiger partial charge in [-0.2, -0.15) is 0 Å². The summed E-state index contributed by atoms with van der Waals surface area (Å²) < 4.78 is 29.6. The van der Waals surface area contributed by atoms with E-state index in [1.165, 1.54) is 19.3 Å². The minimum atomic E-state index is -3.54. The summed E-state index contributed by atoms with van der Waals surface area (Å²) >= 11 is 0. The lowest BCUT2D eigenvalue weighted by Crippen LogP contribution is -2.45. The van der Waals surface area contributed by atoms with E-state index in [1.807, 2.05) is 26.0 Å². The third kappa shape index (κ3) is 6.08. The lowest BCUT2D eigenvalue weighted by atomic mass is 10.1. The smallest absolute Gasteiger partial charge is 0.222 e. The molecule has 0 spiro atoms. The fourth-order valence-corrected chi connectivity index (χ4v) is 4.37. The van der Waals surface area contributed by atoms with E-state index in [9.17, 15) is 13.2 Å². The molecule has 3 aromatic heterocycles. The quantitative estimate of drug-likeness (QED) is 0.522. The van der Waals surface area contributed by atoms with Crippen molar-refractivity contribution in [2.75, 3.05) is 34.9 Å². The van der Waals surface area contributed by atoms with Crippen LogP contribution in [0.4, 0.5) is 23.0 Å². The Morgan fingerprint density at radius 3 is 2.43 bits per heavy atom. The topological polar surface area (TPSA) is 139 Å². The van der Waals surface area contributed by atoms with Crippen molar-refractivity contribution in [3.8, 4) is 11.3 Å². The Labute approximate surface area is 203 Å². The van der Waals surface area contributed by atoms with Crippen molar-refractivity contribution in [3.63, 3.8) is 0 Å². The standard InChI is InChI=1S/C23H27N7O4S/c1-14-12-30(13-15(2)34-14)17-5-6-19(25-8-17)18-9-26-21(27-16(3)31)7-20(18)28-22-10-24-11-23(29-22)35(4,32)33/h5-11,14-15H,12-13H2,1-4H3,(H2,26,27,28,29,31)/t14-,15+. The summed E-state index contributed by atoms with van der Waals surface area (Å²) in [5, 5.41) is 5.58. The van der Waals surface area contributed by atoms with Crippen molar-refractivity contribution >= 4 is 38.8 Å². The summed E-state index contributed by atoms with van der Waals surface area (Å²) in [6.45, 7) is 7.04. The van der Waals surface area contributed by atoms with E-state index in [-0.39, 0.29) is 29.0 Å². The van der Waals surface area contributed by atoms with Gasteiger partial charge in [-0.05, 0) is 26.0 Å². The number of rotatable bonds is 6. The first-order chi connectivity index (χ1) is 16.6. The molecule has 0 aromatic carbocycles. The summed E-state index contributed by atoms with van der Waals surface area (Å²) in [6, 6.07) is 5.51. The summed E-state index contributed by atoms with van der Waals surface area (Å²) in [5.74, 6) is 0.275. The van der Waals surface area contributed by atoms with Crippen LogP contribution < -0.4 is 15.5 Å². The second-order valence-corrected chi connectivity index (χ2v) is 10.5. The van der Waals surface area contributed by atoms with E-state index >= 15 is 0 Å². The highest BCUT2D eigenvalue weighted by Crippen LogP contribution is 2.31. The minimum Gasteiger partial charge on any atom is -0.372 e. The zero-order chi connectivity index (χ0) is 25.2. The molecule has 0 unspecified atom stereocenters. The van der Waals surface area contributed by atoms with E-state index < -0.39 is 9.84 Å². The number of nitrogens with one attached hydrogen (secondary N) is 2. The van der Waals surface area contributed by atoms with Gasteiger partial charge in [0.25, 0.3) is 0 Å². The summed E-state index contributed by atoms with van der Waals surface area (Å²) in [5.41, 5.74) is 2.79. The maximum atomic E-state index is 11.9. The maximum absolute atomic E-state index is 11.9. The largest absolute Gasteiger partial charge is 0.372 e. The van der Waals surface area contributed by atoms with Gasteiger partial charge in [-0.3, -0.25) is 14.8 Å². The molecule has 35 heavy (non-hydrogen) atoms. The van der Waals surface area contributed by atoms with E-state index in [1.54, 1.807) is 18.5 Å². The number of aromatic nitrogens is 4. The molecule has 1 fully saturated rings. The minimum absolute atomic E-state index is 0.128. The number of morpholine rings is 1. The van der Waals surface area contributed by atoms with Crippen LogP contribution in [0, 0.1) is 0 Å². The molecule has 184 valence electrons. The van der Waals surface area contributed by atoms with Gasteiger partial charge >= 0.3 is 0 Å². The molecular formula is C23H27N7O4S. The first kappa shape index (κ1) is 24.5. The monoisotopic (exact) mass is 497 g/mol. The molecule has 1 amide bonds. The van der Waals surface area contributed by atoms with Gasteiger partial charge in [-0.25, -0.2) is 18.4 Å². The summed E-state index contributed by atoms with van der Waals surface area (Å²) in [7, 11) is -3.54. The van der Waals surface area contributed by atoms with Gasteiger partial charge in [-0.15, -0.1) is 0 Å². The fraction of sp³-hybridized carbons (Fsp3) is 0.348. The molecule has 0 saturated carbocycles. The molecule has 1 saturated heterocycles. The summed E-state index contributed by atoms with van der Waals surface area (Å²) in [6.07, 6.45) is 7.30. The molecular weight excluding hydrogens is 470 g/mol. The van der Waals surface area contributed by atoms with Crippen LogP contribution in [0.25, 0.3) is 11.3 Å². The molecule has 12 heteroatoms. The highest BCUT2D eigenvalue weighted by Gasteiger charge is 2.23. The number of anilines is 4. The van der Waals surface area contributed by atoms with E-state index in [0.29, 0.717) is 22.8 Å². The van der Waals surface area contributed by atoms with E-state index in [0.717, 1.165) is 25.0 Å². The number of nitrogens with zero attached hydrogens (tertiary/aromatic N) is 5. The Bertz CT molecular complexity index is 1320. The molecule has 0 aliphatic carbocycles. The van der Waals surface area contributed by atoms with Crippen molar-refractivity contribution in [2.24, 2.45) is 0 Å². The number of carbonyl (C=O) groups is 1. The van der Waals surface area contributed by atoms with Crippen LogP contribution in [0.5, 0.6) is 0 Å². The number of hydrogen-bond acceptors (Lipinski definition) is 10. The predicted octanol–water partition coefficient (Wildman–Crippen LogP) is 2.65. The Balaban J connectivity index is 1.67. The number of hydrogen-bond donors (Lipinski definition) is 2. The van der Waals surface area contributed by atoms with E-state index in [2.05, 4.69) is 35.5 Å². The average Bonchev–Trinajstić information content (AvgIpc) is 2.78. The van der Waals surface area contributed by atoms with Gasteiger partial charge in [0.2, 0.25) is 5.91 Å². The normalized spacial score (nSPS) is 18.2. The fourth-order valence-electron chi connectivity index (χ4n) is 3.86. The van der Waals surface area contributed by atoms with Crippen molar-refractivity contribution in [1.29, 1.82) is 0 Å². The van der Waals surface area contributed by atoms with Crippen molar-refractivity contribution in [1.82, 2.24) is 19.9 Å². The third-order valence-electron chi connectivity index (χ3n) is 5.27. The van der Waals surface area contributed by atoms with Crippen LogP contribution in [0.3, 0.4) is 0 Å². The first-order valence-corrected chi connectivity index (χ1v) is 12.9. The third-order valence-corrected chi connectivity index (χ3v) is 6.23. The highest BCUT2D eigenvalue weighted by atomic mass is 32.2. The average molecular weight is 498 g/mol. The molecule has 1 aliphatic heterocycles. The summed E-state index contributed by atoms with van der Waals surface area (Å²) in [4.78, 5) is 30.9.